The first-order valence-corrected chi connectivity index (χ1v) is 10.3. The van der Waals surface area contributed by atoms with Gasteiger partial charge in [0.1, 0.15) is 0 Å². The standard InChI is InChI=1S/C21H31FN4O4/c1-23(14-17-3-4-19(29-2)18(22)13-17)20(27)15-24-5-7-25(8-6-24)16-21(28)26-9-11-30-12-10-26/h3-4,13H,5-12,14-16H2,1-2H3. The van der Waals surface area contributed by atoms with Crippen LogP contribution in [-0.2, 0) is 20.9 Å². The van der Waals surface area contributed by atoms with Gasteiger partial charge >= 0.3 is 0 Å². The molecule has 2 saturated heterocycles. The molecule has 0 aromatic heterocycles. The molecule has 0 bridgehead atoms. The lowest BCUT2D eigenvalue weighted by molar-refractivity contribution is -0.137. The number of halogens is 1. The summed E-state index contributed by atoms with van der Waals surface area (Å²) in [6, 6.07) is 4.73. The number of piperazine rings is 1. The normalized spacial score (nSPS) is 18.3. The molecule has 0 spiro atoms. The summed E-state index contributed by atoms with van der Waals surface area (Å²) in [5.41, 5.74) is 0.718. The van der Waals surface area contributed by atoms with E-state index in [4.69, 9.17) is 9.47 Å². The van der Waals surface area contributed by atoms with Gasteiger partial charge in [-0.1, -0.05) is 6.07 Å². The quantitative estimate of drug-likeness (QED) is 0.629. The average Bonchev–Trinajstić information content (AvgIpc) is 2.75. The number of carbonyl (C=O) groups excluding carboxylic acids is 2. The highest BCUT2D eigenvalue weighted by Gasteiger charge is 2.24. The lowest BCUT2D eigenvalue weighted by Crippen LogP contribution is -2.53. The first-order chi connectivity index (χ1) is 14.5. The molecule has 0 atom stereocenters. The summed E-state index contributed by atoms with van der Waals surface area (Å²) < 4.78 is 24.1. The summed E-state index contributed by atoms with van der Waals surface area (Å²) in [7, 11) is 3.15. The summed E-state index contributed by atoms with van der Waals surface area (Å²) in [5.74, 6) is -0.102. The third-order valence-corrected chi connectivity index (χ3v) is 5.61. The zero-order valence-electron chi connectivity index (χ0n) is 17.8. The van der Waals surface area contributed by atoms with Crippen LogP contribution in [0.4, 0.5) is 4.39 Å². The maximum atomic E-state index is 13.8. The number of methoxy groups -OCH3 is 1. The van der Waals surface area contributed by atoms with Crippen molar-refractivity contribution in [2.45, 2.75) is 6.54 Å². The average molecular weight is 423 g/mol. The fourth-order valence-corrected chi connectivity index (χ4v) is 3.69. The molecule has 0 unspecified atom stereocenters. The fraction of sp³-hybridized carbons (Fsp3) is 0.619. The zero-order chi connectivity index (χ0) is 21.5. The molecule has 0 radical (unpaired) electrons. The monoisotopic (exact) mass is 422 g/mol. The molecule has 2 aliphatic heterocycles. The number of rotatable bonds is 7. The van der Waals surface area contributed by atoms with Crippen LogP contribution in [0.1, 0.15) is 5.56 Å². The third kappa shape index (κ3) is 6.13. The number of carbonyl (C=O) groups is 2. The molecule has 8 nitrogen and oxygen atoms in total. The Morgan fingerprint density at radius 1 is 1.07 bits per heavy atom. The Morgan fingerprint density at radius 3 is 2.30 bits per heavy atom. The summed E-state index contributed by atoms with van der Waals surface area (Å²) in [6.07, 6.45) is 0. The predicted molar refractivity (Wildman–Crippen MR) is 110 cm³/mol. The number of morpholine rings is 1. The molecule has 30 heavy (non-hydrogen) atoms. The second kappa shape index (κ2) is 10.7. The van der Waals surface area contributed by atoms with Gasteiger partial charge in [-0.2, -0.15) is 0 Å². The van der Waals surface area contributed by atoms with Crippen LogP contribution in [0.5, 0.6) is 5.75 Å². The molecule has 2 fully saturated rings. The van der Waals surface area contributed by atoms with Crippen LogP contribution in [0, 0.1) is 5.82 Å². The van der Waals surface area contributed by atoms with Crippen LogP contribution in [0.15, 0.2) is 18.2 Å². The third-order valence-electron chi connectivity index (χ3n) is 5.61. The predicted octanol–water partition coefficient (Wildman–Crippen LogP) is 0.269. The maximum Gasteiger partial charge on any atom is 0.236 e. The molecule has 0 saturated carbocycles. The van der Waals surface area contributed by atoms with Gasteiger partial charge in [0.15, 0.2) is 11.6 Å². The van der Waals surface area contributed by atoms with Gasteiger partial charge < -0.3 is 19.3 Å². The van der Waals surface area contributed by atoms with E-state index in [-0.39, 0.29) is 17.6 Å². The lowest BCUT2D eigenvalue weighted by Gasteiger charge is -2.36. The number of nitrogens with zero attached hydrogens (tertiary/aromatic N) is 4. The van der Waals surface area contributed by atoms with Gasteiger partial charge in [-0.05, 0) is 17.7 Å². The Bertz CT molecular complexity index is 734. The van der Waals surface area contributed by atoms with E-state index in [1.807, 2.05) is 4.90 Å². The summed E-state index contributed by atoms with van der Waals surface area (Å²) in [4.78, 5) is 32.6. The Balaban J connectivity index is 1.40. The van der Waals surface area contributed by atoms with E-state index in [0.29, 0.717) is 45.9 Å². The zero-order valence-corrected chi connectivity index (χ0v) is 17.8. The molecule has 2 aliphatic rings. The molecule has 0 N–H and O–H groups in total. The highest BCUT2D eigenvalue weighted by molar-refractivity contribution is 5.78. The topological polar surface area (TPSA) is 65.6 Å². The van der Waals surface area contributed by atoms with Crippen molar-refractivity contribution in [2.75, 3.05) is 79.7 Å². The van der Waals surface area contributed by atoms with Gasteiger partial charge in [-0.3, -0.25) is 19.4 Å². The second-order valence-corrected chi connectivity index (χ2v) is 7.76. The van der Waals surface area contributed by atoms with E-state index >= 15 is 0 Å². The Kier molecular flexibility index (Phi) is 8.01. The van der Waals surface area contributed by atoms with Crippen molar-refractivity contribution in [2.24, 2.45) is 0 Å². The van der Waals surface area contributed by atoms with Crippen LogP contribution in [0.3, 0.4) is 0 Å². The SMILES string of the molecule is COc1ccc(CN(C)C(=O)CN2CCN(CC(=O)N3CCOCC3)CC2)cc1F. The van der Waals surface area contributed by atoms with Crippen LogP contribution < -0.4 is 4.74 Å². The van der Waals surface area contributed by atoms with E-state index in [0.717, 1.165) is 31.7 Å². The maximum absolute atomic E-state index is 13.8. The smallest absolute Gasteiger partial charge is 0.236 e. The first-order valence-electron chi connectivity index (χ1n) is 10.3. The molecule has 2 amide bonds. The lowest BCUT2D eigenvalue weighted by atomic mass is 10.2. The van der Waals surface area contributed by atoms with Crippen molar-refractivity contribution < 1.29 is 23.5 Å². The number of benzene rings is 1. The second-order valence-electron chi connectivity index (χ2n) is 7.76. The van der Waals surface area contributed by atoms with Gasteiger partial charge in [-0.15, -0.1) is 0 Å². The molecular weight excluding hydrogens is 391 g/mol. The summed E-state index contributed by atoms with van der Waals surface area (Å²) in [5, 5.41) is 0. The first kappa shape index (κ1) is 22.5. The number of ether oxygens (including phenoxy) is 2. The Labute approximate surface area is 177 Å². The molecule has 9 heteroatoms. The molecule has 3 rings (SSSR count). The number of likely N-dealkylation sites (N-methyl/N-ethyl adjacent to an activating group) is 1. The van der Waals surface area contributed by atoms with Crippen molar-refractivity contribution in [3.8, 4) is 5.75 Å². The minimum absolute atomic E-state index is 0.0101. The molecule has 2 heterocycles. The van der Waals surface area contributed by atoms with Crippen LogP contribution in [-0.4, -0.2) is 111 Å². The molecule has 166 valence electrons. The number of hydrogen-bond donors (Lipinski definition) is 0. The number of amides is 2. The molecule has 1 aromatic rings. The Hall–Kier alpha value is -2.23. The van der Waals surface area contributed by atoms with Crippen molar-refractivity contribution in [3.63, 3.8) is 0 Å². The largest absolute Gasteiger partial charge is 0.494 e. The highest BCUT2D eigenvalue weighted by Crippen LogP contribution is 2.18. The highest BCUT2D eigenvalue weighted by atomic mass is 19.1. The van der Waals surface area contributed by atoms with Crippen LogP contribution in [0.25, 0.3) is 0 Å². The molecule has 1 aromatic carbocycles. The van der Waals surface area contributed by atoms with Crippen molar-refractivity contribution in [1.82, 2.24) is 19.6 Å². The van der Waals surface area contributed by atoms with E-state index in [1.54, 1.807) is 24.1 Å². The van der Waals surface area contributed by atoms with E-state index in [2.05, 4.69) is 9.80 Å². The van der Waals surface area contributed by atoms with E-state index in [9.17, 15) is 14.0 Å². The van der Waals surface area contributed by atoms with Crippen molar-refractivity contribution >= 4 is 11.8 Å². The van der Waals surface area contributed by atoms with Gasteiger partial charge in [-0.25, -0.2) is 4.39 Å². The minimum atomic E-state index is -0.432. The molecule has 0 aliphatic carbocycles. The van der Waals surface area contributed by atoms with Crippen molar-refractivity contribution in [3.05, 3.63) is 29.6 Å². The van der Waals surface area contributed by atoms with E-state index < -0.39 is 5.82 Å². The summed E-state index contributed by atoms with van der Waals surface area (Å²) >= 11 is 0. The van der Waals surface area contributed by atoms with Gasteiger partial charge in [0.25, 0.3) is 0 Å². The summed E-state index contributed by atoms with van der Waals surface area (Å²) in [6.45, 7) is 6.64. The fourth-order valence-electron chi connectivity index (χ4n) is 3.69. The Morgan fingerprint density at radius 2 is 1.70 bits per heavy atom. The van der Waals surface area contributed by atoms with Gasteiger partial charge in [0.2, 0.25) is 11.8 Å². The minimum Gasteiger partial charge on any atom is -0.494 e. The molecular formula is C21H31FN4O4. The number of hydrogen-bond acceptors (Lipinski definition) is 6. The van der Waals surface area contributed by atoms with Crippen molar-refractivity contribution in [1.29, 1.82) is 0 Å². The van der Waals surface area contributed by atoms with Gasteiger partial charge in [0, 0.05) is 52.9 Å². The van der Waals surface area contributed by atoms with Crippen LogP contribution in [0.2, 0.25) is 0 Å². The van der Waals surface area contributed by atoms with Gasteiger partial charge in [0.05, 0.1) is 33.4 Å². The van der Waals surface area contributed by atoms with Crippen LogP contribution >= 0.6 is 0 Å². The van der Waals surface area contributed by atoms with E-state index in [1.165, 1.54) is 13.2 Å².